The van der Waals surface area contributed by atoms with Gasteiger partial charge in [-0.1, -0.05) is 104 Å². The lowest BCUT2D eigenvalue weighted by molar-refractivity contribution is 0.417. The minimum atomic E-state index is -1.95. The van der Waals surface area contributed by atoms with Gasteiger partial charge >= 0.3 is 8.03 Å². The molecule has 0 rings (SSSR count). The highest BCUT2D eigenvalue weighted by Crippen LogP contribution is 2.27. The Balaban J connectivity index is 3.61. The van der Waals surface area contributed by atoms with Crippen LogP contribution < -0.4 is 0 Å². The molecule has 138 valence electrons. The SMILES string of the molecule is CCCCCCCCCCC(CCCCCCCC)C[P+](=O)O. The summed E-state index contributed by atoms with van der Waals surface area (Å²) in [6.07, 6.45) is 21.5. The molecule has 2 nitrogen and oxygen atoms in total. The lowest BCUT2D eigenvalue weighted by atomic mass is 9.95. The second-order valence-corrected chi connectivity index (χ2v) is 8.29. The molecule has 0 aromatic rings. The quantitative estimate of drug-likeness (QED) is 0.205. The third-order valence-corrected chi connectivity index (χ3v) is 5.68. The summed E-state index contributed by atoms with van der Waals surface area (Å²) >= 11 is 0. The molecule has 3 heteroatoms. The highest BCUT2D eigenvalue weighted by Gasteiger charge is 2.20. The van der Waals surface area contributed by atoms with Gasteiger partial charge in [-0.15, -0.1) is 0 Å². The van der Waals surface area contributed by atoms with E-state index in [2.05, 4.69) is 13.8 Å². The van der Waals surface area contributed by atoms with E-state index >= 15 is 0 Å². The van der Waals surface area contributed by atoms with Crippen molar-refractivity contribution < 1.29 is 9.46 Å². The van der Waals surface area contributed by atoms with Crippen LogP contribution in [0.2, 0.25) is 0 Å². The molecule has 2 unspecified atom stereocenters. The highest BCUT2D eigenvalue weighted by molar-refractivity contribution is 7.38. The van der Waals surface area contributed by atoms with Crippen molar-refractivity contribution in [3.8, 4) is 0 Å². The molecule has 0 saturated heterocycles. The molecule has 0 radical (unpaired) electrons. The van der Waals surface area contributed by atoms with Crippen LogP contribution in [0.3, 0.4) is 0 Å². The number of hydrogen-bond donors (Lipinski definition) is 1. The molecule has 2 atom stereocenters. The van der Waals surface area contributed by atoms with Gasteiger partial charge in [0.2, 0.25) is 0 Å². The van der Waals surface area contributed by atoms with Crippen LogP contribution in [0.15, 0.2) is 0 Å². The van der Waals surface area contributed by atoms with Crippen LogP contribution in [0.4, 0.5) is 0 Å². The third kappa shape index (κ3) is 18.2. The van der Waals surface area contributed by atoms with Crippen molar-refractivity contribution in [3.63, 3.8) is 0 Å². The first-order valence-corrected chi connectivity index (χ1v) is 11.7. The Kier molecular flexibility index (Phi) is 18.4. The second kappa shape index (κ2) is 18.4. The van der Waals surface area contributed by atoms with E-state index in [1.807, 2.05) is 0 Å². The van der Waals surface area contributed by atoms with Crippen LogP contribution in [0.1, 0.15) is 117 Å². The molecule has 0 aliphatic heterocycles. The maximum atomic E-state index is 11.2. The van der Waals surface area contributed by atoms with Crippen LogP contribution >= 0.6 is 8.03 Å². The van der Waals surface area contributed by atoms with E-state index in [1.54, 1.807) is 0 Å². The van der Waals surface area contributed by atoms with Crippen LogP contribution in [-0.2, 0) is 4.57 Å². The normalized spacial score (nSPS) is 13.3. The van der Waals surface area contributed by atoms with Gasteiger partial charge in [0, 0.05) is 5.92 Å². The summed E-state index contributed by atoms with van der Waals surface area (Å²) in [6, 6.07) is 0. The van der Waals surface area contributed by atoms with Gasteiger partial charge in [0.25, 0.3) is 0 Å². The predicted octanol–water partition coefficient (Wildman–Crippen LogP) is 7.62. The molecule has 0 heterocycles. The molecule has 0 spiro atoms. The van der Waals surface area contributed by atoms with E-state index in [1.165, 1.54) is 89.9 Å². The minimum Gasteiger partial charge on any atom is -0.161 e. The molecule has 0 aliphatic rings. The Hall–Kier alpha value is 0.0600. The van der Waals surface area contributed by atoms with E-state index < -0.39 is 8.03 Å². The monoisotopic (exact) mass is 345 g/mol. The van der Waals surface area contributed by atoms with Gasteiger partial charge in [0.15, 0.2) is 6.16 Å². The van der Waals surface area contributed by atoms with Gasteiger partial charge in [-0.05, 0) is 17.4 Å². The molecule has 0 saturated carbocycles. The van der Waals surface area contributed by atoms with Gasteiger partial charge in [-0.25, -0.2) is 0 Å². The number of rotatable bonds is 18. The van der Waals surface area contributed by atoms with E-state index in [-0.39, 0.29) is 0 Å². The van der Waals surface area contributed by atoms with Gasteiger partial charge in [-0.3, -0.25) is 0 Å². The largest absolute Gasteiger partial charge is 0.505 e. The van der Waals surface area contributed by atoms with Crippen LogP contribution in [0.5, 0.6) is 0 Å². The fraction of sp³-hybridized carbons (Fsp3) is 1.00. The second-order valence-electron chi connectivity index (χ2n) is 7.22. The maximum absolute atomic E-state index is 11.2. The van der Waals surface area contributed by atoms with Crippen molar-refractivity contribution in [1.82, 2.24) is 0 Å². The molecule has 0 bridgehead atoms. The van der Waals surface area contributed by atoms with Crippen LogP contribution in [0, 0.1) is 5.92 Å². The van der Waals surface area contributed by atoms with Crippen molar-refractivity contribution in [2.45, 2.75) is 117 Å². The van der Waals surface area contributed by atoms with E-state index in [9.17, 15) is 9.46 Å². The summed E-state index contributed by atoms with van der Waals surface area (Å²) in [6.45, 7) is 4.51. The minimum absolute atomic E-state index is 0.481. The van der Waals surface area contributed by atoms with Crippen molar-refractivity contribution in [2.24, 2.45) is 5.92 Å². The molecule has 1 N–H and O–H groups in total. The lowest BCUT2D eigenvalue weighted by Gasteiger charge is -2.11. The van der Waals surface area contributed by atoms with Gasteiger partial charge in [-0.2, -0.15) is 4.89 Å². The highest BCUT2D eigenvalue weighted by atomic mass is 31.1. The van der Waals surface area contributed by atoms with E-state index in [0.717, 1.165) is 12.8 Å². The zero-order valence-electron chi connectivity index (χ0n) is 15.9. The Morgan fingerprint density at radius 3 is 1.35 bits per heavy atom. The summed E-state index contributed by atoms with van der Waals surface area (Å²) in [7, 11) is -1.95. The fourth-order valence-electron chi connectivity index (χ4n) is 3.33. The molecular formula is C20H42O2P+. The fourth-order valence-corrected chi connectivity index (χ4v) is 4.13. The first-order valence-electron chi connectivity index (χ1n) is 10.3. The number of unbranched alkanes of at least 4 members (excludes halogenated alkanes) is 12. The molecule has 0 aromatic carbocycles. The molecular weight excluding hydrogens is 303 g/mol. The van der Waals surface area contributed by atoms with Gasteiger partial charge in [0.1, 0.15) is 0 Å². The average Bonchev–Trinajstić information content (AvgIpc) is 2.52. The van der Waals surface area contributed by atoms with Crippen molar-refractivity contribution in [2.75, 3.05) is 6.16 Å². The van der Waals surface area contributed by atoms with E-state index in [0.29, 0.717) is 12.1 Å². The first kappa shape index (κ1) is 23.1. The van der Waals surface area contributed by atoms with Crippen LogP contribution in [0.25, 0.3) is 0 Å². The standard InChI is InChI=1S/C20H41O2P/c1-3-5-7-9-11-12-14-16-18-20(19-23(21)22)17-15-13-10-8-6-4-2/h20H,3-19H2,1-2H3/p+1. The summed E-state index contributed by atoms with van der Waals surface area (Å²) in [4.78, 5) is 9.23. The molecule has 0 fully saturated rings. The summed E-state index contributed by atoms with van der Waals surface area (Å²) < 4.78 is 11.2. The Labute approximate surface area is 146 Å². The Morgan fingerprint density at radius 2 is 1.00 bits per heavy atom. The molecule has 0 amide bonds. The molecule has 0 aliphatic carbocycles. The average molecular weight is 346 g/mol. The zero-order chi connectivity index (χ0) is 17.2. The summed E-state index contributed by atoms with van der Waals surface area (Å²) in [5.41, 5.74) is 0. The summed E-state index contributed by atoms with van der Waals surface area (Å²) in [5.74, 6) is 0.481. The lowest BCUT2D eigenvalue weighted by Crippen LogP contribution is -2.04. The smallest absolute Gasteiger partial charge is 0.161 e. The maximum Gasteiger partial charge on any atom is 0.505 e. The van der Waals surface area contributed by atoms with Crippen molar-refractivity contribution in [1.29, 1.82) is 0 Å². The topological polar surface area (TPSA) is 37.3 Å². The predicted molar refractivity (Wildman–Crippen MR) is 103 cm³/mol. The van der Waals surface area contributed by atoms with Gasteiger partial charge < -0.3 is 0 Å². The van der Waals surface area contributed by atoms with Crippen molar-refractivity contribution >= 4 is 8.03 Å². The van der Waals surface area contributed by atoms with E-state index in [4.69, 9.17) is 0 Å². The Bertz CT molecular complexity index is 256. The third-order valence-electron chi connectivity index (χ3n) is 4.85. The first-order chi connectivity index (χ1) is 11.2. The summed E-state index contributed by atoms with van der Waals surface area (Å²) in [5, 5.41) is 0. The van der Waals surface area contributed by atoms with Crippen molar-refractivity contribution in [3.05, 3.63) is 0 Å². The molecule has 23 heavy (non-hydrogen) atoms. The molecule has 0 aromatic heterocycles. The number of hydrogen-bond acceptors (Lipinski definition) is 1. The van der Waals surface area contributed by atoms with Gasteiger partial charge in [0.05, 0.1) is 0 Å². The zero-order valence-corrected chi connectivity index (χ0v) is 16.8. The van der Waals surface area contributed by atoms with Crippen LogP contribution in [-0.4, -0.2) is 11.1 Å². The Morgan fingerprint density at radius 1 is 0.652 bits per heavy atom.